The monoisotopic (exact) mass is 224 g/mol. The van der Waals surface area contributed by atoms with E-state index in [1.807, 2.05) is 0 Å². The summed E-state index contributed by atoms with van der Waals surface area (Å²) in [5, 5.41) is 10.9. The molecule has 0 fully saturated rings. The maximum Gasteiger partial charge on any atom is 0.329 e. The molecule has 1 aromatic rings. The van der Waals surface area contributed by atoms with Crippen LogP contribution in [0.5, 0.6) is 0 Å². The Kier molecular flexibility index (Phi) is 4.94. The molecular weight excluding hydrogens is 212 g/mol. The molecule has 0 saturated carbocycles. The normalized spacial score (nSPS) is 9.75. The second-order valence-electron chi connectivity index (χ2n) is 2.94. The van der Waals surface area contributed by atoms with E-state index >= 15 is 0 Å². The highest BCUT2D eigenvalue weighted by Crippen LogP contribution is 1.94. The predicted molar refractivity (Wildman–Crippen MR) is 55.0 cm³/mol. The fourth-order valence-corrected chi connectivity index (χ4v) is 0.995. The van der Waals surface area contributed by atoms with Gasteiger partial charge in [0.05, 0.1) is 12.2 Å². The van der Waals surface area contributed by atoms with Crippen molar-refractivity contribution in [3.8, 4) is 0 Å². The van der Waals surface area contributed by atoms with Crippen molar-refractivity contribution < 1.29 is 19.4 Å². The number of carboxylic acid groups (broad SMARTS) is 1. The van der Waals surface area contributed by atoms with Crippen molar-refractivity contribution in [3.63, 3.8) is 0 Å². The second-order valence-corrected chi connectivity index (χ2v) is 2.94. The van der Waals surface area contributed by atoms with Crippen molar-refractivity contribution in [2.24, 2.45) is 0 Å². The van der Waals surface area contributed by atoms with Crippen molar-refractivity contribution in [2.75, 3.05) is 19.8 Å². The summed E-state index contributed by atoms with van der Waals surface area (Å²) in [6, 6.07) is 3.30. The Hall–Kier alpha value is -1.95. The molecule has 0 aromatic carbocycles. The number of nitrogens with one attached hydrogen (secondary N) is 1. The lowest BCUT2D eigenvalue weighted by molar-refractivity contribution is -0.142. The third-order valence-corrected chi connectivity index (χ3v) is 1.68. The molecule has 0 radical (unpaired) electrons. The molecule has 1 rings (SSSR count). The number of nitrogens with zero attached hydrogens (tertiary/aromatic N) is 1. The van der Waals surface area contributed by atoms with Crippen LogP contribution < -0.4 is 5.32 Å². The number of carboxylic acids is 1. The number of hydrogen-bond acceptors (Lipinski definition) is 4. The van der Waals surface area contributed by atoms with Crippen LogP contribution in [0.25, 0.3) is 0 Å². The minimum Gasteiger partial charge on any atom is -0.480 e. The lowest BCUT2D eigenvalue weighted by Crippen LogP contribution is -2.27. The van der Waals surface area contributed by atoms with Gasteiger partial charge in [-0.15, -0.1) is 0 Å². The van der Waals surface area contributed by atoms with Crippen molar-refractivity contribution in [3.05, 3.63) is 30.1 Å². The molecule has 0 aliphatic carbocycles. The van der Waals surface area contributed by atoms with Crippen LogP contribution >= 0.6 is 0 Å². The zero-order chi connectivity index (χ0) is 11.8. The Bertz CT molecular complexity index is 353. The van der Waals surface area contributed by atoms with Crippen LogP contribution in [-0.2, 0) is 9.53 Å². The Morgan fingerprint density at radius 1 is 1.50 bits per heavy atom. The first-order valence-corrected chi connectivity index (χ1v) is 4.68. The van der Waals surface area contributed by atoms with E-state index in [1.165, 1.54) is 6.20 Å². The number of amides is 1. The summed E-state index contributed by atoms with van der Waals surface area (Å²) < 4.78 is 4.75. The van der Waals surface area contributed by atoms with Gasteiger partial charge in [-0.2, -0.15) is 0 Å². The zero-order valence-corrected chi connectivity index (χ0v) is 8.55. The number of carbonyl (C=O) groups excluding carboxylic acids is 1. The fourth-order valence-electron chi connectivity index (χ4n) is 0.995. The van der Waals surface area contributed by atoms with Gasteiger partial charge < -0.3 is 15.2 Å². The molecule has 0 saturated heterocycles. The molecule has 0 aliphatic rings. The largest absolute Gasteiger partial charge is 0.480 e. The number of pyridine rings is 1. The molecule has 0 unspecified atom stereocenters. The Balaban J connectivity index is 2.19. The third-order valence-electron chi connectivity index (χ3n) is 1.68. The molecule has 0 spiro atoms. The summed E-state index contributed by atoms with van der Waals surface area (Å²) in [6.45, 7) is 0.0715. The summed E-state index contributed by atoms with van der Waals surface area (Å²) in [4.78, 5) is 25.3. The highest BCUT2D eigenvalue weighted by molar-refractivity contribution is 5.93. The van der Waals surface area contributed by atoms with Gasteiger partial charge in [-0.25, -0.2) is 4.79 Å². The van der Waals surface area contributed by atoms with E-state index in [0.717, 1.165) is 0 Å². The summed E-state index contributed by atoms with van der Waals surface area (Å²) in [7, 11) is 0. The molecule has 1 amide bonds. The van der Waals surface area contributed by atoms with Gasteiger partial charge in [-0.1, -0.05) is 0 Å². The lowest BCUT2D eigenvalue weighted by Gasteiger charge is -2.04. The Morgan fingerprint density at radius 3 is 2.94 bits per heavy atom. The number of aliphatic carboxylic acids is 1. The fraction of sp³-hybridized carbons (Fsp3) is 0.300. The zero-order valence-electron chi connectivity index (χ0n) is 8.55. The number of hydrogen-bond donors (Lipinski definition) is 2. The Morgan fingerprint density at radius 2 is 2.31 bits per heavy atom. The van der Waals surface area contributed by atoms with E-state index < -0.39 is 5.97 Å². The van der Waals surface area contributed by atoms with Crippen LogP contribution in [0.4, 0.5) is 0 Å². The molecule has 6 heteroatoms. The van der Waals surface area contributed by atoms with Gasteiger partial charge in [0.15, 0.2) is 0 Å². The van der Waals surface area contributed by atoms with Gasteiger partial charge in [0.2, 0.25) is 0 Å². The highest BCUT2D eigenvalue weighted by atomic mass is 16.5. The minimum atomic E-state index is -1.03. The first kappa shape index (κ1) is 12.1. The summed E-state index contributed by atoms with van der Waals surface area (Å²) >= 11 is 0. The first-order valence-electron chi connectivity index (χ1n) is 4.68. The molecule has 1 heterocycles. The number of carbonyl (C=O) groups is 2. The number of rotatable bonds is 6. The van der Waals surface area contributed by atoms with Gasteiger partial charge in [-0.3, -0.25) is 9.78 Å². The van der Waals surface area contributed by atoms with E-state index in [9.17, 15) is 9.59 Å². The van der Waals surface area contributed by atoms with E-state index in [-0.39, 0.29) is 25.7 Å². The predicted octanol–water partition coefficient (Wildman–Crippen LogP) is -0.0874. The van der Waals surface area contributed by atoms with E-state index in [4.69, 9.17) is 9.84 Å². The first-order chi connectivity index (χ1) is 7.70. The molecule has 6 nitrogen and oxygen atoms in total. The number of ether oxygens (including phenoxy) is 1. The number of aromatic nitrogens is 1. The molecule has 2 N–H and O–H groups in total. The van der Waals surface area contributed by atoms with Crippen LogP contribution in [0.15, 0.2) is 24.5 Å². The SMILES string of the molecule is O=C(O)COCCNC(=O)c1cccnc1. The topological polar surface area (TPSA) is 88.5 Å². The quantitative estimate of drug-likeness (QED) is 0.659. The van der Waals surface area contributed by atoms with Gasteiger partial charge in [0.1, 0.15) is 6.61 Å². The average Bonchev–Trinajstić information content (AvgIpc) is 2.29. The third kappa shape index (κ3) is 4.52. The average molecular weight is 224 g/mol. The second kappa shape index (κ2) is 6.52. The molecule has 1 aromatic heterocycles. The molecule has 16 heavy (non-hydrogen) atoms. The van der Waals surface area contributed by atoms with Crippen LogP contribution in [0, 0.1) is 0 Å². The van der Waals surface area contributed by atoms with Gasteiger partial charge in [-0.05, 0) is 12.1 Å². The maximum atomic E-state index is 11.4. The van der Waals surface area contributed by atoms with Gasteiger partial charge >= 0.3 is 5.97 Å². The smallest absolute Gasteiger partial charge is 0.329 e. The summed E-state index contributed by atoms with van der Waals surface area (Å²) in [5.74, 6) is -1.29. The van der Waals surface area contributed by atoms with Crippen molar-refractivity contribution in [1.29, 1.82) is 0 Å². The van der Waals surface area contributed by atoms with E-state index in [2.05, 4.69) is 10.3 Å². The lowest BCUT2D eigenvalue weighted by atomic mass is 10.3. The molecule has 86 valence electrons. The highest BCUT2D eigenvalue weighted by Gasteiger charge is 2.03. The summed E-state index contributed by atoms with van der Waals surface area (Å²) in [6.07, 6.45) is 3.03. The Labute approximate surface area is 92.3 Å². The van der Waals surface area contributed by atoms with Crippen molar-refractivity contribution >= 4 is 11.9 Å². The standard InChI is InChI=1S/C10H12N2O4/c13-9(14)7-16-5-4-12-10(15)8-2-1-3-11-6-8/h1-3,6H,4-5,7H2,(H,12,15)(H,13,14). The molecule has 0 aliphatic heterocycles. The van der Waals surface area contributed by atoms with Gasteiger partial charge in [0.25, 0.3) is 5.91 Å². The van der Waals surface area contributed by atoms with Crippen LogP contribution in [0.2, 0.25) is 0 Å². The van der Waals surface area contributed by atoms with Crippen LogP contribution in [0.1, 0.15) is 10.4 Å². The van der Waals surface area contributed by atoms with Gasteiger partial charge in [0, 0.05) is 18.9 Å². The van der Waals surface area contributed by atoms with Crippen LogP contribution in [0.3, 0.4) is 0 Å². The van der Waals surface area contributed by atoms with E-state index in [0.29, 0.717) is 5.56 Å². The minimum absolute atomic E-state index is 0.165. The molecule has 0 bridgehead atoms. The molecule has 0 atom stereocenters. The maximum absolute atomic E-state index is 11.4. The van der Waals surface area contributed by atoms with Crippen molar-refractivity contribution in [1.82, 2.24) is 10.3 Å². The van der Waals surface area contributed by atoms with Crippen molar-refractivity contribution in [2.45, 2.75) is 0 Å². The molecular formula is C10H12N2O4. The summed E-state index contributed by atoms with van der Waals surface area (Å²) in [5.41, 5.74) is 0.459. The van der Waals surface area contributed by atoms with Crippen LogP contribution in [-0.4, -0.2) is 41.7 Å². The van der Waals surface area contributed by atoms with E-state index in [1.54, 1.807) is 18.3 Å².